The van der Waals surface area contributed by atoms with Gasteiger partial charge in [0.05, 0.1) is 10.5 Å². The monoisotopic (exact) mass is 351 g/mol. The van der Waals surface area contributed by atoms with Gasteiger partial charge in [0.2, 0.25) is 10.0 Å². The molecule has 1 saturated heterocycles. The summed E-state index contributed by atoms with van der Waals surface area (Å²) in [4.78, 5) is 9.91. The standard InChI is InChI=1S/C14H16F3NO4S/c15-14(16,17)11-3-1-2-4-12(11)23(21,22)18-7-5-10(6-8-18)9-13(19)20/h1-4,10H,5-9H2,(H,19,20). The zero-order valence-corrected chi connectivity index (χ0v) is 12.9. The third-order valence-electron chi connectivity index (χ3n) is 3.85. The van der Waals surface area contributed by atoms with E-state index in [1.165, 1.54) is 6.07 Å². The number of carboxylic acids is 1. The van der Waals surface area contributed by atoms with Crippen molar-refractivity contribution in [2.75, 3.05) is 13.1 Å². The van der Waals surface area contributed by atoms with E-state index in [1.807, 2.05) is 0 Å². The highest BCUT2D eigenvalue weighted by atomic mass is 32.2. The minimum Gasteiger partial charge on any atom is -0.481 e. The number of hydrogen-bond acceptors (Lipinski definition) is 3. The van der Waals surface area contributed by atoms with Crippen molar-refractivity contribution in [2.24, 2.45) is 5.92 Å². The molecule has 0 spiro atoms. The molecule has 0 amide bonds. The minimum absolute atomic E-state index is 0.0203. The number of alkyl halides is 3. The van der Waals surface area contributed by atoms with Crippen LogP contribution in [0, 0.1) is 5.92 Å². The summed E-state index contributed by atoms with van der Waals surface area (Å²) < 4.78 is 65.0. The molecule has 128 valence electrons. The summed E-state index contributed by atoms with van der Waals surface area (Å²) in [5.74, 6) is -1.12. The van der Waals surface area contributed by atoms with E-state index in [0.29, 0.717) is 12.8 Å². The number of nitrogens with zero attached hydrogens (tertiary/aromatic N) is 1. The smallest absolute Gasteiger partial charge is 0.417 e. The summed E-state index contributed by atoms with van der Waals surface area (Å²) in [5.41, 5.74) is -1.19. The molecule has 0 atom stereocenters. The maximum absolute atomic E-state index is 13.0. The van der Waals surface area contributed by atoms with Gasteiger partial charge in [-0.05, 0) is 30.9 Å². The van der Waals surface area contributed by atoms with Crippen LogP contribution < -0.4 is 0 Å². The van der Waals surface area contributed by atoms with Crippen LogP contribution in [0.4, 0.5) is 13.2 Å². The Morgan fingerprint density at radius 3 is 2.30 bits per heavy atom. The first-order valence-corrected chi connectivity index (χ1v) is 8.44. The van der Waals surface area contributed by atoms with Crippen LogP contribution in [0.2, 0.25) is 0 Å². The second-order valence-corrected chi connectivity index (χ2v) is 7.35. The molecule has 1 heterocycles. The average molecular weight is 351 g/mol. The Hall–Kier alpha value is -1.61. The first-order valence-electron chi connectivity index (χ1n) is 7.00. The van der Waals surface area contributed by atoms with E-state index in [-0.39, 0.29) is 25.4 Å². The van der Waals surface area contributed by atoms with Crippen LogP contribution in [-0.2, 0) is 21.0 Å². The van der Waals surface area contributed by atoms with Crippen LogP contribution >= 0.6 is 0 Å². The van der Waals surface area contributed by atoms with Crippen molar-refractivity contribution in [2.45, 2.75) is 30.3 Å². The fraction of sp³-hybridized carbons (Fsp3) is 0.500. The lowest BCUT2D eigenvalue weighted by Gasteiger charge is -2.31. The molecule has 1 aliphatic rings. The maximum atomic E-state index is 13.0. The number of piperidine rings is 1. The third-order valence-corrected chi connectivity index (χ3v) is 5.80. The van der Waals surface area contributed by atoms with Gasteiger partial charge in [-0.2, -0.15) is 17.5 Å². The molecule has 23 heavy (non-hydrogen) atoms. The second kappa shape index (κ2) is 6.48. The van der Waals surface area contributed by atoms with E-state index in [0.717, 1.165) is 22.5 Å². The Balaban J connectivity index is 2.23. The van der Waals surface area contributed by atoms with Crippen LogP contribution in [0.1, 0.15) is 24.8 Å². The van der Waals surface area contributed by atoms with Crippen molar-refractivity contribution in [1.82, 2.24) is 4.31 Å². The van der Waals surface area contributed by atoms with E-state index < -0.39 is 32.6 Å². The van der Waals surface area contributed by atoms with Gasteiger partial charge in [0.25, 0.3) is 0 Å². The summed E-state index contributed by atoms with van der Waals surface area (Å²) in [6.45, 7) is 0.0406. The Kier molecular flexibility index (Phi) is 5.00. The van der Waals surface area contributed by atoms with Crippen LogP contribution in [0.5, 0.6) is 0 Å². The number of carboxylic acid groups (broad SMARTS) is 1. The predicted molar refractivity (Wildman–Crippen MR) is 75.2 cm³/mol. The van der Waals surface area contributed by atoms with Gasteiger partial charge in [-0.3, -0.25) is 4.79 Å². The normalized spacial score (nSPS) is 18.0. The molecule has 1 N–H and O–H groups in total. The van der Waals surface area contributed by atoms with Gasteiger partial charge in [-0.1, -0.05) is 12.1 Å². The number of sulfonamides is 1. The predicted octanol–water partition coefficient (Wildman–Crippen LogP) is 2.58. The van der Waals surface area contributed by atoms with Crippen molar-refractivity contribution < 1.29 is 31.5 Å². The van der Waals surface area contributed by atoms with Crippen LogP contribution in [0.3, 0.4) is 0 Å². The molecule has 1 aromatic rings. The van der Waals surface area contributed by atoms with E-state index in [2.05, 4.69) is 0 Å². The van der Waals surface area contributed by atoms with Crippen molar-refractivity contribution in [3.05, 3.63) is 29.8 Å². The van der Waals surface area contributed by atoms with Crippen LogP contribution in [0.15, 0.2) is 29.2 Å². The molecule has 0 aliphatic carbocycles. The molecule has 2 rings (SSSR count). The number of rotatable bonds is 4. The fourth-order valence-corrected chi connectivity index (χ4v) is 4.35. The molecule has 0 radical (unpaired) electrons. The van der Waals surface area contributed by atoms with Gasteiger partial charge in [0.15, 0.2) is 0 Å². The molecule has 1 aromatic carbocycles. The molecule has 0 unspecified atom stereocenters. The van der Waals surface area contributed by atoms with Crippen molar-refractivity contribution in [1.29, 1.82) is 0 Å². The van der Waals surface area contributed by atoms with Crippen LogP contribution in [0.25, 0.3) is 0 Å². The average Bonchev–Trinajstić information content (AvgIpc) is 2.46. The van der Waals surface area contributed by atoms with Gasteiger partial charge in [0, 0.05) is 19.5 Å². The molecule has 5 nitrogen and oxygen atoms in total. The molecule has 1 aliphatic heterocycles. The van der Waals surface area contributed by atoms with Crippen molar-refractivity contribution >= 4 is 16.0 Å². The molecular formula is C14H16F3NO4S. The SMILES string of the molecule is O=C(O)CC1CCN(S(=O)(=O)c2ccccc2C(F)(F)F)CC1. The molecule has 9 heteroatoms. The number of halogens is 3. The maximum Gasteiger partial charge on any atom is 0.417 e. The zero-order chi connectivity index (χ0) is 17.3. The molecule has 0 bridgehead atoms. The Morgan fingerprint density at radius 2 is 1.78 bits per heavy atom. The van der Waals surface area contributed by atoms with E-state index in [9.17, 15) is 26.4 Å². The fourth-order valence-electron chi connectivity index (χ4n) is 2.67. The minimum atomic E-state index is -4.76. The largest absolute Gasteiger partial charge is 0.481 e. The summed E-state index contributed by atoms with van der Waals surface area (Å²) in [7, 11) is -4.26. The van der Waals surface area contributed by atoms with Gasteiger partial charge in [0.1, 0.15) is 0 Å². The summed E-state index contributed by atoms with van der Waals surface area (Å²) in [6.07, 6.45) is -4.18. The lowest BCUT2D eigenvalue weighted by Crippen LogP contribution is -2.39. The third kappa shape index (κ3) is 4.03. The van der Waals surface area contributed by atoms with Crippen molar-refractivity contribution in [3.8, 4) is 0 Å². The number of hydrogen-bond donors (Lipinski definition) is 1. The molecule has 0 aromatic heterocycles. The first kappa shape index (κ1) is 17.7. The Labute approximate surface area is 131 Å². The first-order chi connectivity index (χ1) is 10.6. The van der Waals surface area contributed by atoms with Gasteiger partial charge in [-0.25, -0.2) is 8.42 Å². The highest BCUT2D eigenvalue weighted by Gasteiger charge is 2.39. The quantitative estimate of drug-likeness (QED) is 0.905. The second-order valence-electron chi connectivity index (χ2n) is 5.44. The lowest BCUT2D eigenvalue weighted by molar-refractivity contribution is -0.140. The van der Waals surface area contributed by atoms with E-state index in [4.69, 9.17) is 5.11 Å². The van der Waals surface area contributed by atoms with Gasteiger partial charge < -0.3 is 5.11 Å². The summed E-state index contributed by atoms with van der Waals surface area (Å²) >= 11 is 0. The van der Waals surface area contributed by atoms with Gasteiger partial charge in [-0.15, -0.1) is 0 Å². The number of carbonyl (C=O) groups is 1. The summed E-state index contributed by atoms with van der Waals surface area (Å²) in [5, 5.41) is 8.74. The highest BCUT2D eigenvalue weighted by molar-refractivity contribution is 7.89. The molecular weight excluding hydrogens is 335 g/mol. The Morgan fingerprint density at radius 1 is 1.22 bits per heavy atom. The van der Waals surface area contributed by atoms with Crippen LogP contribution in [-0.4, -0.2) is 36.9 Å². The topological polar surface area (TPSA) is 74.7 Å². The molecule has 1 fully saturated rings. The zero-order valence-electron chi connectivity index (χ0n) is 12.1. The number of benzene rings is 1. The van der Waals surface area contributed by atoms with E-state index in [1.54, 1.807) is 0 Å². The molecule has 0 saturated carbocycles. The van der Waals surface area contributed by atoms with Crippen molar-refractivity contribution in [3.63, 3.8) is 0 Å². The summed E-state index contributed by atoms with van der Waals surface area (Å²) in [6, 6.07) is 4.08. The number of aliphatic carboxylic acids is 1. The van der Waals surface area contributed by atoms with Gasteiger partial charge >= 0.3 is 12.1 Å². The van der Waals surface area contributed by atoms with E-state index >= 15 is 0 Å². The Bertz CT molecular complexity index is 680. The lowest BCUT2D eigenvalue weighted by atomic mass is 9.95. The highest BCUT2D eigenvalue weighted by Crippen LogP contribution is 2.36.